The van der Waals surface area contributed by atoms with Crippen molar-refractivity contribution in [3.05, 3.63) is 30.3 Å². The first-order valence-corrected chi connectivity index (χ1v) is 11.1. The Morgan fingerprint density at radius 3 is 2.24 bits per heavy atom. The van der Waals surface area contributed by atoms with Gasteiger partial charge < -0.3 is 18.9 Å². The Morgan fingerprint density at radius 1 is 1.00 bits per heavy atom. The van der Waals surface area contributed by atoms with E-state index in [2.05, 4.69) is 4.98 Å². The van der Waals surface area contributed by atoms with Crippen molar-refractivity contribution < 1.29 is 32.2 Å². The minimum absolute atomic E-state index is 0.00807. The first kappa shape index (κ1) is 22.6. The monoisotopic (exact) mass is 442 g/mol. The van der Waals surface area contributed by atoms with Gasteiger partial charge in [0.05, 0.1) is 40.4 Å². The van der Waals surface area contributed by atoms with E-state index in [1.54, 1.807) is 18.2 Å². The van der Waals surface area contributed by atoms with Crippen LogP contribution in [-0.4, -0.2) is 59.8 Å². The summed E-state index contributed by atoms with van der Waals surface area (Å²) < 4.78 is 45.9. The molecular weight excluding hydrogens is 420 g/mol. The molecule has 0 fully saturated rings. The summed E-state index contributed by atoms with van der Waals surface area (Å²) in [5.74, 6) is 0.446. The number of benzene rings is 1. The summed E-state index contributed by atoms with van der Waals surface area (Å²) >= 11 is 1.16. The van der Waals surface area contributed by atoms with Crippen LogP contribution >= 0.6 is 11.8 Å². The summed E-state index contributed by atoms with van der Waals surface area (Å²) in [4.78, 5) is 17.6. The third-order valence-electron chi connectivity index (χ3n) is 3.71. The SMILES string of the molecule is COc1ccc(N(C(=O)CSc2ccc(OC)c(OC)c2)S(C)(=O)=O)c(OC)n1. The molecule has 0 N–H and O–H groups in total. The molecule has 1 amide bonds. The number of carbonyl (C=O) groups is 1. The van der Waals surface area contributed by atoms with Crippen LogP contribution in [0.15, 0.2) is 35.2 Å². The lowest BCUT2D eigenvalue weighted by atomic mass is 10.3. The van der Waals surface area contributed by atoms with Crippen molar-refractivity contribution >= 4 is 33.4 Å². The molecule has 0 bridgehead atoms. The fourth-order valence-electron chi connectivity index (χ4n) is 2.44. The third-order valence-corrected chi connectivity index (χ3v) is 5.75. The van der Waals surface area contributed by atoms with Crippen LogP contribution in [-0.2, 0) is 14.8 Å². The lowest BCUT2D eigenvalue weighted by Crippen LogP contribution is -2.37. The van der Waals surface area contributed by atoms with Crippen LogP contribution in [0.2, 0.25) is 0 Å². The summed E-state index contributed by atoms with van der Waals surface area (Å²) in [7, 11) is 1.84. The van der Waals surface area contributed by atoms with Crippen LogP contribution in [0.1, 0.15) is 0 Å². The summed E-state index contributed by atoms with van der Waals surface area (Å²) in [6.07, 6.45) is 0.940. The van der Waals surface area contributed by atoms with E-state index in [1.807, 2.05) is 0 Å². The molecule has 158 valence electrons. The largest absolute Gasteiger partial charge is 0.493 e. The molecule has 9 nitrogen and oxygen atoms in total. The van der Waals surface area contributed by atoms with Crippen LogP contribution in [0.5, 0.6) is 23.3 Å². The molecule has 1 heterocycles. The zero-order valence-corrected chi connectivity index (χ0v) is 18.3. The molecular formula is C18H22N2O7S2. The molecule has 0 atom stereocenters. The van der Waals surface area contributed by atoms with Crippen molar-refractivity contribution in [2.45, 2.75) is 4.90 Å². The normalized spacial score (nSPS) is 10.9. The van der Waals surface area contributed by atoms with Gasteiger partial charge in [0, 0.05) is 11.0 Å². The third kappa shape index (κ3) is 5.45. The number of hydrogen-bond donors (Lipinski definition) is 0. The molecule has 0 saturated carbocycles. The van der Waals surface area contributed by atoms with Crippen LogP contribution in [0.3, 0.4) is 0 Å². The van der Waals surface area contributed by atoms with E-state index in [0.717, 1.165) is 18.0 Å². The second-order valence-electron chi connectivity index (χ2n) is 5.61. The molecule has 0 unspecified atom stereocenters. The van der Waals surface area contributed by atoms with Gasteiger partial charge in [-0.15, -0.1) is 11.8 Å². The quantitative estimate of drug-likeness (QED) is 0.541. The van der Waals surface area contributed by atoms with Gasteiger partial charge in [0.15, 0.2) is 11.5 Å². The highest BCUT2D eigenvalue weighted by Gasteiger charge is 2.29. The van der Waals surface area contributed by atoms with Gasteiger partial charge in [0.2, 0.25) is 21.8 Å². The van der Waals surface area contributed by atoms with E-state index in [4.69, 9.17) is 18.9 Å². The van der Waals surface area contributed by atoms with E-state index in [0.29, 0.717) is 20.7 Å². The zero-order chi connectivity index (χ0) is 21.6. The van der Waals surface area contributed by atoms with Gasteiger partial charge in [-0.2, -0.15) is 4.98 Å². The number of pyridine rings is 1. The van der Waals surface area contributed by atoms with Gasteiger partial charge in [0.1, 0.15) is 5.69 Å². The van der Waals surface area contributed by atoms with E-state index in [1.165, 1.54) is 40.6 Å². The van der Waals surface area contributed by atoms with Gasteiger partial charge in [-0.3, -0.25) is 4.79 Å². The number of carbonyl (C=O) groups excluding carboxylic acids is 1. The number of hydrogen-bond acceptors (Lipinski definition) is 9. The van der Waals surface area contributed by atoms with Crippen LogP contribution in [0.4, 0.5) is 5.69 Å². The second kappa shape index (κ2) is 9.70. The standard InChI is InChI=1S/C18H22N2O7S2/c1-24-14-8-6-12(10-15(14)25-2)28-11-17(21)20(29(5,22)23)13-7-9-16(26-3)19-18(13)27-4/h6-10H,11H2,1-5H3. The number of rotatable bonds is 9. The van der Waals surface area contributed by atoms with E-state index < -0.39 is 15.9 Å². The maximum absolute atomic E-state index is 12.8. The van der Waals surface area contributed by atoms with Crippen LogP contribution in [0.25, 0.3) is 0 Å². The highest BCUT2D eigenvalue weighted by molar-refractivity contribution is 8.00. The van der Waals surface area contributed by atoms with Crippen LogP contribution < -0.4 is 23.3 Å². The number of sulfonamides is 1. The summed E-state index contributed by atoms with van der Waals surface area (Å²) in [5, 5.41) is 0. The number of methoxy groups -OCH3 is 4. The van der Waals surface area contributed by atoms with Crippen molar-refractivity contribution in [3.63, 3.8) is 0 Å². The molecule has 2 rings (SSSR count). The molecule has 29 heavy (non-hydrogen) atoms. The van der Waals surface area contributed by atoms with Gasteiger partial charge in [-0.25, -0.2) is 12.7 Å². The molecule has 1 aromatic carbocycles. The first-order chi connectivity index (χ1) is 13.7. The van der Waals surface area contributed by atoms with Gasteiger partial charge in [-0.1, -0.05) is 0 Å². The first-order valence-electron chi connectivity index (χ1n) is 8.22. The van der Waals surface area contributed by atoms with Crippen molar-refractivity contribution in [1.82, 2.24) is 4.98 Å². The number of nitrogens with zero attached hydrogens (tertiary/aromatic N) is 2. The van der Waals surface area contributed by atoms with E-state index >= 15 is 0 Å². The summed E-state index contributed by atoms with van der Waals surface area (Å²) in [5.41, 5.74) is 0.00807. The number of amides is 1. The fraction of sp³-hybridized carbons (Fsp3) is 0.333. The minimum Gasteiger partial charge on any atom is -0.493 e. The van der Waals surface area contributed by atoms with Crippen molar-refractivity contribution in [2.24, 2.45) is 0 Å². The van der Waals surface area contributed by atoms with Gasteiger partial charge in [-0.05, 0) is 24.3 Å². The Kier molecular flexibility index (Phi) is 7.57. The van der Waals surface area contributed by atoms with Crippen LogP contribution in [0, 0.1) is 0 Å². The molecule has 11 heteroatoms. The Balaban J connectivity index is 2.30. The minimum atomic E-state index is -3.93. The number of aromatic nitrogens is 1. The molecule has 0 spiro atoms. The maximum atomic E-state index is 12.8. The Morgan fingerprint density at radius 2 is 1.69 bits per heavy atom. The average Bonchev–Trinajstić information content (AvgIpc) is 2.71. The fourth-order valence-corrected chi connectivity index (χ4v) is 4.23. The number of thioether (sulfide) groups is 1. The van der Waals surface area contributed by atoms with Gasteiger partial charge in [0.25, 0.3) is 5.91 Å². The van der Waals surface area contributed by atoms with E-state index in [-0.39, 0.29) is 23.2 Å². The van der Waals surface area contributed by atoms with Crippen molar-refractivity contribution in [1.29, 1.82) is 0 Å². The predicted octanol–water partition coefficient (Wildman–Crippen LogP) is 2.20. The van der Waals surface area contributed by atoms with Gasteiger partial charge >= 0.3 is 0 Å². The molecule has 0 aliphatic rings. The zero-order valence-electron chi connectivity index (χ0n) is 16.7. The molecule has 0 saturated heterocycles. The molecule has 0 aliphatic carbocycles. The predicted molar refractivity (Wildman–Crippen MR) is 110 cm³/mol. The highest BCUT2D eigenvalue weighted by Crippen LogP contribution is 2.34. The average molecular weight is 443 g/mol. The Hall–Kier alpha value is -2.66. The number of ether oxygens (including phenoxy) is 4. The molecule has 0 radical (unpaired) electrons. The lowest BCUT2D eigenvalue weighted by Gasteiger charge is -2.22. The summed E-state index contributed by atoms with van der Waals surface area (Å²) in [6, 6.07) is 8.02. The molecule has 0 aliphatic heterocycles. The molecule has 1 aromatic heterocycles. The van der Waals surface area contributed by atoms with Crippen molar-refractivity contribution in [3.8, 4) is 23.3 Å². The molecule has 2 aromatic rings. The lowest BCUT2D eigenvalue weighted by molar-refractivity contribution is -0.115. The second-order valence-corrected chi connectivity index (χ2v) is 8.49. The Bertz CT molecular complexity index is 980. The number of anilines is 1. The van der Waals surface area contributed by atoms with Crippen molar-refractivity contribution in [2.75, 3.05) is 44.8 Å². The van der Waals surface area contributed by atoms with E-state index in [9.17, 15) is 13.2 Å². The maximum Gasteiger partial charge on any atom is 0.251 e. The topological polar surface area (TPSA) is 104 Å². The Labute approximate surface area is 174 Å². The summed E-state index contributed by atoms with van der Waals surface area (Å²) in [6.45, 7) is 0. The smallest absolute Gasteiger partial charge is 0.251 e. The highest BCUT2D eigenvalue weighted by atomic mass is 32.2.